The first-order chi connectivity index (χ1) is 55.2. The molecule has 4 heterocycles. The Morgan fingerprint density at radius 1 is 0.319 bits per heavy atom. The second kappa shape index (κ2) is 51.5. The fourth-order valence-electron chi connectivity index (χ4n) is 12.1. The van der Waals surface area contributed by atoms with Gasteiger partial charge in [0.15, 0.2) is 0 Å². The molecule has 28 nitrogen and oxygen atoms in total. The first-order valence-corrected chi connectivity index (χ1v) is 40.8. The third-order valence-corrected chi connectivity index (χ3v) is 22.6. The van der Waals surface area contributed by atoms with Gasteiger partial charge in [0.05, 0.1) is 144 Å². The molecule has 0 aromatic heterocycles. The molecule has 0 saturated carbocycles. The zero-order valence-corrected chi connectivity index (χ0v) is 66.6. The van der Waals surface area contributed by atoms with Crippen LogP contribution in [0.4, 0.5) is 0 Å². The summed E-state index contributed by atoms with van der Waals surface area (Å²) in [5.41, 5.74) is -0.278. The molecule has 5 aromatic carbocycles. The van der Waals surface area contributed by atoms with Crippen LogP contribution in [0.3, 0.4) is 0 Å². The average Bonchev–Trinajstić information content (AvgIpc) is 0.744. The molecule has 113 heavy (non-hydrogen) atoms. The normalized spacial score (nSPS) is 20.1. The molecule has 9 rings (SSSR count). The monoisotopic (exact) mass is 1590 g/mol. The number of nitrogens with one attached hydrogen (secondary N) is 6. The zero-order chi connectivity index (χ0) is 79.7. The lowest BCUT2D eigenvalue weighted by molar-refractivity contribution is -0.138. The van der Waals surface area contributed by atoms with Crippen molar-refractivity contribution in [1.29, 1.82) is 0 Å². The second-order valence-corrected chi connectivity index (χ2v) is 32.0. The maximum Gasteiger partial charge on any atom is 0.261 e. The minimum absolute atomic E-state index is 0.0641. The molecule has 4 aliphatic rings. The molecule has 6 amide bonds. The second-order valence-electron chi connectivity index (χ2n) is 27.7. The molecule has 616 valence electrons. The maximum absolute atomic E-state index is 13.7. The molecule has 0 atom stereocenters. The Morgan fingerprint density at radius 3 is 0.814 bits per heavy atom. The largest absolute Gasteiger partial charge is 0.493 e. The van der Waals surface area contributed by atoms with E-state index in [-0.39, 0.29) is 183 Å². The van der Waals surface area contributed by atoms with E-state index in [2.05, 4.69) is 76.9 Å². The quantitative estimate of drug-likeness (QED) is 0.0608. The van der Waals surface area contributed by atoms with E-state index in [0.29, 0.717) is 129 Å². The van der Waals surface area contributed by atoms with Gasteiger partial charge in [-0.3, -0.25) is 28.8 Å². The van der Waals surface area contributed by atoms with Crippen molar-refractivity contribution < 1.29 is 104 Å². The van der Waals surface area contributed by atoms with E-state index in [1.54, 1.807) is 54.6 Å². The number of benzene rings is 5. The Hall–Kier alpha value is -9.24. The Balaban J connectivity index is 1.05. The minimum Gasteiger partial charge on any atom is -0.493 e. The maximum atomic E-state index is 13.7. The van der Waals surface area contributed by atoms with Gasteiger partial charge < -0.3 is 107 Å². The molecule has 0 fully saturated rings. The number of rotatable bonds is 5. The summed E-state index contributed by atoms with van der Waals surface area (Å²) >= 11 is 0. The summed E-state index contributed by atoms with van der Waals surface area (Å²) in [5.74, 6) is 0.250. The van der Waals surface area contributed by atoms with Crippen LogP contribution in [0.25, 0.3) is 0 Å². The third kappa shape index (κ3) is 33.8. The molecule has 5 aromatic rings. The average molecular weight is 1590 g/mol. The van der Waals surface area contributed by atoms with Crippen molar-refractivity contribution in [2.75, 3.05) is 204 Å². The SMILES string of the molecule is CC(C)(C)[Si](OCC12COCC(=O)NCCOCCOCCNC(=O)c3cc4cc(c3)OCC/C=C\CCOc3cc(cc(c3)C(=O)NCCOCCOCCNC(=O)COC1)OCC/C=C\CCOc1cc(cc(c1)C(=O)NCCOCCOCCNC(=O)COC2)OCC/C=C\CCO4)(c1ccccc1)c1ccccc1. The van der Waals surface area contributed by atoms with Crippen molar-refractivity contribution in [3.8, 4) is 34.5 Å². The third-order valence-electron chi connectivity index (χ3n) is 17.6. The molecule has 0 radical (unpaired) electrons. The molecular formula is C84H114N6O22Si. The summed E-state index contributed by atoms with van der Waals surface area (Å²) in [5, 5.41) is 18.8. The topological polar surface area (TPSA) is 322 Å². The van der Waals surface area contributed by atoms with Gasteiger partial charge in [-0.2, -0.15) is 0 Å². The Morgan fingerprint density at radius 2 is 0.566 bits per heavy atom. The van der Waals surface area contributed by atoms with Crippen molar-refractivity contribution in [3.63, 3.8) is 0 Å². The number of fused-ring (bicyclic) bond motifs is 60. The molecule has 29 heteroatoms. The van der Waals surface area contributed by atoms with Crippen LogP contribution in [-0.4, -0.2) is 248 Å². The number of carbonyl (C=O) groups is 6. The van der Waals surface area contributed by atoms with E-state index in [1.807, 2.05) is 72.9 Å². The van der Waals surface area contributed by atoms with Crippen molar-refractivity contribution >= 4 is 54.1 Å². The molecule has 0 spiro atoms. The lowest BCUT2D eigenvalue weighted by Gasteiger charge is -2.45. The van der Waals surface area contributed by atoms with Gasteiger partial charge in [0.2, 0.25) is 17.7 Å². The van der Waals surface area contributed by atoms with Gasteiger partial charge in [0.25, 0.3) is 26.0 Å². The first-order valence-electron chi connectivity index (χ1n) is 38.9. The van der Waals surface area contributed by atoms with Gasteiger partial charge in [-0.15, -0.1) is 0 Å². The number of hydrogen-bond acceptors (Lipinski definition) is 22. The lowest BCUT2D eigenvalue weighted by Crippen LogP contribution is -2.67. The van der Waals surface area contributed by atoms with Crippen LogP contribution < -0.4 is 70.7 Å². The first kappa shape index (κ1) is 89.3. The highest BCUT2D eigenvalue weighted by Gasteiger charge is 2.52. The molecule has 6 N–H and O–H groups in total. The molecule has 4 aliphatic heterocycles. The van der Waals surface area contributed by atoms with E-state index in [9.17, 15) is 28.8 Å². The lowest BCUT2D eigenvalue weighted by atomic mass is 9.92. The number of carbonyl (C=O) groups excluding carboxylic acids is 6. The summed E-state index contributed by atoms with van der Waals surface area (Å²) in [4.78, 5) is 81.8. The van der Waals surface area contributed by atoms with Crippen LogP contribution in [0.2, 0.25) is 5.04 Å². The van der Waals surface area contributed by atoms with Crippen molar-refractivity contribution in [3.05, 3.63) is 168 Å². The zero-order valence-electron chi connectivity index (χ0n) is 65.6. The molecule has 0 saturated heterocycles. The van der Waals surface area contributed by atoms with E-state index in [1.165, 1.54) is 0 Å². The van der Waals surface area contributed by atoms with Crippen LogP contribution in [0.5, 0.6) is 34.5 Å². The van der Waals surface area contributed by atoms with Gasteiger partial charge in [0.1, 0.15) is 54.3 Å². The number of hydrogen-bond donors (Lipinski definition) is 6. The van der Waals surface area contributed by atoms with Crippen LogP contribution in [0, 0.1) is 5.41 Å². The highest BCUT2D eigenvalue weighted by atomic mass is 28.4. The van der Waals surface area contributed by atoms with Gasteiger partial charge in [-0.1, -0.05) is 118 Å². The van der Waals surface area contributed by atoms with E-state index < -0.39 is 36.5 Å². The smallest absolute Gasteiger partial charge is 0.261 e. The standard InChI is InChI=1S/C84H114N6O22Si/c1-83(2,3)113(75-22-12-10-13-23-75,76-24-14-11-15-25-76)112-65-84-62-103-59-77(91)85-26-38-97-44-47-100-41-29-88-80(94)66-50-69-56-71(52-66)108-34-18-6-7-20-36-110-73-54-68(82(96)90-31-43-102-49-46-99-40-28-87-79(93)61-105-64-84)55-74(58-73)111-37-21-9-8-19-35-109-72-53-67(51-70(57-72)107-33-17-5-4-16-32-106-69)81(95)89-30-42-101-48-45-98-39-27-86-78(92)60-104-63-84/h4-15,22-25,50-58H,16-21,26-49,59-65H2,1-3H3,(H,85,91)(H,86,92)(H,87,93)(H,88,94)(H,89,95)(H,90,96)/b5-4-,7-6-,9-8-. The highest BCUT2D eigenvalue weighted by Crippen LogP contribution is 2.39. The summed E-state index contributed by atoms with van der Waals surface area (Å²) in [6, 6.07) is 35.3. The molecular weight excluding hydrogens is 1470 g/mol. The van der Waals surface area contributed by atoms with Crippen molar-refractivity contribution in [1.82, 2.24) is 31.9 Å². The van der Waals surface area contributed by atoms with Crippen LogP contribution in [0.15, 0.2) is 152 Å². The summed E-state index contributed by atoms with van der Waals surface area (Å²) in [6.45, 7) is 9.81. The highest BCUT2D eigenvalue weighted by molar-refractivity contribution is 6.99. The molecule has 10 bridgehead atoms. The van der Waals surface area contributed by atoms with Gasteiger partial charge in [-0.05, 0) is 90.3 Å². The van der Waals surface area contributed by atoms with Gasteiger partial charge in [-0.25, -0.2) is 0 Å². The predicted molar refractivity (Wildman–Crippen MR) is 427 cm³/mol. The fraction of sp³-hybridized carbons (Fsp3) is 0.500. The van der Waals surface area contributed by atoms with Crippen molar-refractivity contribution in [2.24, 2.45) is 5.41 Å². The summed E-state index contributed by atoms with van der Waals surface area (Å²) < 4.78 is 98.4. The molecule has 0 unspecified atom stereocenters. The fourth-order valence-corrected chi connectivity index (χ4v) is 16.7. The Kier molecular flexibility index (Phi) is 40.7. The van der Waals surface area contributed by atoms with Gasteiger partial charge in [0, 0.05) is 80.8 Å². The summed E-state index contributed by atoms with van der Waals surface area (Å²) in [6.07, 6.45) is 15.2. The Labute approximate surface area is 664 Å². The predicted octanol–water partition coefficient (Wildman–Crippen LogP) is 6.66. The van der Waals surface area contributed by atoms with Crippen LogP contribution >= 0.6 is 0 Å². The van der Waals surface area contributed by atoms with E-state index in [0.717, 1.165) is 10.4 Å². The Bertz CT molecular complexity index is 3320. The number of amides is 6. The van der Waals surface area contributed by atoms with E-state index >= 15 is 0 Å². The molecule has 0 aliphatic carbocycles. The van der Waals surface area contributed by atoms with Crippen LogP contribution in [0.1, 0.15) is 90.4 Å². The van der Waals surface area contributed by atoms with Crippen LogP contribution in [-0.2, 0) is 61.4 Å². The van der Waals surface area contributed by atoms with Gasteiger partial charge >= 0.3 is 0 Å². The minimum atomic E-state index is -3.29. The van der Waals surface area contributed by atoms with Crippen molar-refractivity contribution in [2.45, 2.75) is 64.3 Å². The summed E-state index contributed by atoms with van der Waals surface area (Å²) in [7, 11) is -3.29. The van der Waals surface area contributed by atoms with E-state index in [4.69, 9.17) is 75.5 Å². The number of ether oxygens (including phenoxy) is 15.